The van der Waals surface area contributed by atoms with Gasteiger partial charge in [-0.05, 0) is 61.7 Å². The number of aromatic hydroxyl groups is 1. The van der Waals surface area contributed by atoms with Crippen molar-refractivity contribution in [3.63, 3.8) is 0 Å². The number of rotatable bonds is 7. The van der Waals surface area contributed by atoms with Gasteiger partial charge in [-0.1, -0.05) is 12.1 Å². The molecule has 5 nitrogen and oxygen atoms in total. The first-order valence-electron chi connectivity index (χ1n) is 10.1. The highest BCUT2D eigenvalue weighted by molar-refractivity contribution is 6.02. The van der Waals surface area contributed by atoms with Gasteiger partial charge in [0.25, 0.3) is 0 Å². The van der Waals surface area contributed by atoms with Gasteiger partial charge in [-0.2, -0.15) is 0 Å². The van der Waals surface area contributed by atoms with E-state index < -0.39 is 0 Å². The summed E-state index contributed by atoms with van der Waals surface area (Å²) in [6.07, 6.45) is 4.96. The fourth-order valence-corrected chi connectivity index (χ4v) is 3.73. The van der Waals surface area contributed by atoms with Crippen LogP contribution in [0.15, 0.2) is 47.5 Å². The summed E-state index contributed by atoms with van der Waals surface area (Å²) in [7, 11) is 0. The van der Waals surface area contributed by atoms with Crippen molar-refractivity contribution in [2.24, 2.45) is 4.99 Å². The van der Waals surface area contributed by atoms with Crippen molar-refractivity contribution >= 4 is 22.8 Å². The van der Waals surface area contributed by atoms with E-state index >= 15 is 0 Å². The predicted octanol–water partition coefficient (Wildman–Crippen LogP) is 4.42. The Morgan fingerprint density at radius 2 is 2.00 bits per heavy atom. The quantitative estimate of drug-likeness (QED) is 0.460. The SMILES string of the molecule is Oc1[nH]c2cc(F)ccc2c1C=Nc1cccc(CCCCN2CCOCC2)c1. The summed E-state index contributed by atoms with van der Waals surface area (Å²) in [6.45, 7) is 4.90. The Bertz CT molecular complexity index is 993. The zero-order valence-electron chi connectivity index (χ0n) is 16.4. The molecule has 0 amide bonds. The van der Waals surface area contributed by atoms with Crippen LogP contribution in [0.25, 0.3) is 10.9 Å². The molecule has 1 aromatic heterocycles. The number of aryl methyl sites for hydroxylation is 1. The Labute approximate surface area is 169 Å². The molecule has 1 aliphatic rings. The lowest BCUT2D eigenvalue weighted by Crippen LogP contribution is -2.36. The molecule has 1 aliphatic heterocycles. The van der Waals surface area contributed by atoms with E-state index in [0.29, 0.717) is 11.1 Å². The molecule has 0 bridgehead atoms. The van der Waals surface area contributed by atoms with Crippen LogP contribution in [0.3, 0.4) is 0 Å². The maximum atomic E-state index is 13.4. The molecular formula is C23H26FN3O2. The molecule has 0 spiro atoms. The van der Waals surface area contributed by atoms with Gasteiger partial charge in [-0.15, -0.1) is 0 Å². The minimum absolute atomic E-state index is 0.00591. The van der Waals surface area contributed by atoms with E-state index in [1.54, 1.807) is 12.3 Å². The van der Waals surface area contributed by atoms with E-state index in [4.69, 9.17) is 4.74 Å². The van der Waals surface area contributed by atoms with Gasteiger partial charge in [0.05, 0.1) is 30.0 Å². The van der Waals surface area contributed by atoms with Crippen molar-refractivity contribution < 1.29 is 14.2 Å². The van der Waals surface area contributed by atoms with Gasteiger partial charge < -0.3 is 14.8 Å². The molecule has 2 aromatic carbocycles. The molecule has 3 aromatic rings. The third-order valence-electron chi connectivity index (χ3n) is 5.33. The van der Waals surface area contributed by atoms with E-state index in [1.807, 2.05) is 12.1 Å². The average Bonchev–Trinajstić information content (AvgIpc) is 3.05. The van der Waals surface area contributed by atoms with Crippen LogP contribution in [0.1, 0.15) is 24.0 Å². The van der Waals surface area contributed by atoms with Crippen LogP contribution >= 0.6 is 0 Å². The first-order chi connectivity index (χ1) is 14.2. The van der Waals surface area contributed by atoms with Crippen LogP contribution in [0.4, 0.5) is 10.1 Å². The molecule has 1 saturated heterocycles. The number of hydrogen-bond acceptors (Lipinski definition) is 4. The molecule has 0 aliphatic carbocycles. The summed E-state index contributed by atoms with van der Waals surface area (Å²) in [5, 5.41) is 10.9. The average molecular weight is 395 g/mol. The highest BCUT2D eigenvalue weighted by Crippen LogP contribution is 2.27. The molecule has 152 valence electrons. The van der Waals surface area contributed by atoms with E-state index in [0.717, 1.165) is 56.8 Å². The van der Waals surface area contributed by atoms with Gasteiger partial charge in [-0.3, -0.25) is 9.89 Å². The number of aromatic amines is 1. The van der Waals surface area contributed by atoms with Crippen LogP contribution in [0.2, 0.25) is 0 Å². The van der Waals surface area contributed by atoms with Crippen LogP contribution < -0.4 is 0 Å². The zero-order valence-corrected chi connectivity index (χ0v) is 16.4. The first-order valence-corrected chi connectivity index (χ1v) is 10.1. The number of benzene rings is 2. The van der Waals surface area contributed by atoms with E-state index in [1.165, 1.54) is 24.1 Å². The monoisotopic (exact) mass is 395 g/mol. The number of unbranched alkanes of at least 4 members (excludes halogenated alkanes) is 1. The van der Waals surface area contributed by atoms with Crippen molar-refractivity contribution in [3.8, 4) is 5.88 Å². The van der Waals surface area contributed by atoms with Gasteiger partial charge in [0.15, 0.2) is 5.88 Å². The Kier molecular flexibility index (Phi) is 6.22. The van der Waals surface area contributed by atoms with Crippen LogP contribution in [-0.2, 0) is 11.2 Å². The predicted molar refractivity (Wildman–Crippen MR) is 114 cm³/mol. The third-order valence-corrected chi connectivity index (χ3v) is 5.33. The van der Waals surface area contributed by atoms with Crippen molar-refractivity contribution in [1.82, 2.24) is 9.88 Å². The number of nitrogens with zero attached hydrogens (tertiary/aromatic N) is 2. The summed E-state index contributed by atoms with van der Waals surface area (Å²) in [5.41, 5.74) is 3.22. The number of H-pyrrole nitrogens is 1. The molecule has 1 fully saturated rings. The molecule has 29 heavy (non-hydrogen) atoms. The topological polar surface area (TPSA) is 60.8 Å². The van der Waals surface area contributed by atoms with Crippen molar-refractivity contribution in [3.05, 3.63) is 59.4 Å². The number of aliphatic imine (C=N–C) groups is 1. The van der Waals surface area contributed by atoms with Gasteiger partial charge in [0.1, 0.15) is 5.82 Å². The van der Waals surface area contributed by atoms with Crippen molar-refractivity contribution in [2.75, 3.05) is 32.8 Å². The van der Waals surface area contributed by atoms with E-state index in [9.17, 15) is 9.50 Å². The number of fused-ring (bicyclic) bond motifs is 1. The number of nitrogens with one attached hydrogen (secondary N) is 1. The smallest absolute Gasteiger partial charge is 0.198 e. The number of morpholine rings is 1. The standard InChI is InChI=1S/C23H26FN3O2/c24-18-7-8-20-21(23(28)26-22(20)15-18)16-25-19-6-3-5-17(14-19)4-1-2-9-27-10-12-29-13-11-27/h3,5-8,14-16,26,28H,1-2,4,9-13H2. The third kappa shape index (κ3) is 5.02. The molecule has 0 atom stereocenters. The molecule has 0 radical (unpaired) electrons. The Hall–Kier alpha value is -2.70. The second kappa shape index (κ2) is 9.20. The van der Waals surface area contributed by atoms with Gasteiger partial charge in [0, 0.05) is 24.7 Å². The molecule has 2 heterocycles. The number of ether oxygens (including phenoxy) is 1. The van der Waals surface area contributed by atoms with Crippen molar-refractivity contribution in [1.29, 1.82) is 0 Å². The second-order valence-corrected chi connectivity index (χ2v) is 7.42. The van der Waals surface area contributed by atoms with Gasteiger partial charge in [0.2, 0.25) is 0 Å². The normalized spacial score (nSPS) is 15.5. The molecule has 4 rings (SSSR count). The molecule has 2 N–H and O–H groups in total. The lowest BCUT2D eigenvalue weighted by molar-refractivity contribution is 0.0372. The Morgan fingerprint density at radius 1 is 1.14 bits per heavy atom. The summed E-state index contributed by atoms with van der Waals surface area (Å²) in [4.78, 5) is 9.77. The second-order valence-electron chi connectivity index (χ2n) is 7.42. The Balaban J connectivity index is 1.37. The maximum Gasteiger partial charge on any atom is 0.198 e. The highest BCUT2D eigenvalue weighted by Gasteiger charge is 2.10. The number of halogens is 1. The van der Waals surface area contributed by atoms with Crippen molar-refractivity contribution in [2.45, 2.75) is 19.3 Å². The lowest BCUT2D eigenvalue weighted by Gasteiger charge is -2.26. The maximum absolute atomic E-state index is 13.4. The molecule has 0 unspecified atom stereocenters. The van der Waals surface area contributed by atoms with Crippen LogP contribution in [-0.4, -0.2) is 54.1 Å². The highest BCUT2D eigenvalue weighted by atomic mass is 19.1. The minimum atomic E-state index is -0.344. The summed E-state index contributed by atoms with van der Waals surface area (Å²) in [6, 6.07) is 12.5. The fourth-order valence-electron chi connectivity index (χ4n) is 3.73. The number of aromatic nitrogens is 1. The number of hydrogen-bond donors (Lipinski definition) is 2. The van der Waals surface area contributed by atoms with Crippen LogP contribution in [0.5, 0.6) is 5.88 Å². The summed E-state index contributed by atoms with van der Waals surface area (Å²) in [5.74, 6) is -0.350. The molecule has 0 saturated carbocycles. The van der Waals surface area contributed by atoms with E-state index in [-0.39, 0.29) is 11.7 Å². The summed E-state index contributed by atoms with van der Waals surface area (Å²) >= 11 is 0. The Morgan fingerprint density at radius 3 is 2.86 bits per heavy atom. The van der Waals surface area contributed by atoms with Gasteiger partial charge in [-0.25, -0.2) is 4.39 Å². The summed E-state index contributed by atoms with van der Waals surface area (Å²) < 4.78 is 18.7. The fraction of sp³-hybridized carbons (Fsp3) is 0.348. The van der Waals surface area contributed by atoms with Gasteiger partial charge >= 0.3 is 0 Å². The zero-order chi connectivity index (χ0) is 20.1. The minimum Gasteiger partial charge on any atom is -0.494 e. The van der Waals surface area contributed by atoms with Crippen LogP contribution in [0, 0.1) is 5.82 Å². The van der Waals surface area contributed by atoms with E-state index in [2.05, 4.69) is 27.0 Å². The first kappa shape index (κ1) is 19.6. The molecule has 6 heteroatoms. The molecular weight excluding hydrogens is 369 g/mol. The largest absolute Gasteiger partial charge is 0.494 e. The lowest BCUT2D eigenvalue weighted by atomic mass is 10.1.